The molecule has 34 heavy (non-hydrogen) atoms. The third kappa shape index (κ3) is 4.50. The van der Waals surface area contributed by atoms with Gasteiger partial charge >= 0.3 is 0 Å². The zero-order valence-corrected chi connectivity index (χ0v) is 19.6. The summed E-state index contributed by atoms with van der Waals surface area (Å²) in [7, 11) is 0. The number of hydrogen-bond acceptors (Lipinski definition) is 4. The second-order valence-electron chi connectivity index (χ2n) is 7.81. The normalized spacial score (nSPS) is 17.4. The quantitative estimate of drug-likeness (QED) is 0.388. The summed E-state index contributed by atoms with van der Waals surface area (Å²) >= 11 is 11.7. The molecule has 1 aromatic carbocycles. The maximum atomic E-state index is 13.0. The molecule has 1 aliphatic rings. The molecule has 2 atom stereocenters. The van der Waals surface area contributed by atoms with Gasteiger partial charge in [0.1, 0.15) is 12.4 Å². The van der Waals surface area contributed by atoms with E-state index in [1.807, 2.05) is 82.4 Å². The number of carbonyl (C=O) groups is 1. The molecule has 4 aromatic rings. The van der Waals surface area contributed by atoms with Crippen molar-refractivity contribution in [3.63, 3.8) is 0 Å². The van der Waals surface area contributed by atoms with Crippen LogP contribution in [0.4, 0.5) is 5.69 Å². The molecular weight excluding hydrogens is 468 g/mol. The summed E-state index contributed by atoms with van der Waals surface area (Å²) in [5.74, 6) is 0.556. The van der Waals surface area contributed by atoms with E-state index in [0.29, 0.717) is 10.1 Å². The van der Waals surface area contributed by atoms with Gasteiger partial charge in [0, 0.05) is 30.0 Å². The summed E-state index contributed by atoms with van der Waals surface area (Å²) in [6.45, 7) is 0.0773. The molecule has 2 N–H and O–H groups in total. The Bertz CT molecular complexity index is 1300. The van der Waals surface area contributed by atoms with Crippen LogP contribution in [0.25, 0.3) is 5.82 Å². The van der Waals surface area contributed by atoms with Gasteiger partial charge in [0.15, 0.2) is 5.11 Å². The molecule has 0 radical (unpaired) electrons. The van der Waals surface area contributed by atoms with E-state index >= 15 is 0 Å². The first-order valence-corrected chi connectivity index (χ1v) is 11.5. The number of pyridine rings is 2. The van der Waals surface area contributed by atoms with Crippen molar-refractivity contribution in [2.24, 2.45) is 0 Å². The highest BCUT2D eigenvalue weighted by Gasteiger charge is 2.42. The molecule has 0 bridgehead atoms. The van der Waals surface area contributed by atoms with Crippen LogP contribution in [0.2, 0.25) is 5.02 Å². The zero-order valence-electron chi connectivity index (χ0n) is 18.0. The van der Waals surface area contributed by atoms with E-state index < -0.39 is 0 Å². The lowest BCUT2D eigenvalue weighted by molar-refractivity contribution is -0.116. The van der Waals surface area contributed by atoms with Crippen molar-refractivity contribution in [3.8, 4) is 5.82 Å². The second-order valence-corrected chi connectivity index (χ2v) is 8.63. The van der Waals surface area contributed by atoms with Crippen LogP contribution < -0.4 is 10.6 Å². The van der Waals surface area contributed by atoms with Gasteiger partial charge in [-0.25, -0.2) is 4.98 Å². The Hall–Kier alpha value is -3.75. The number of thiocarbonyl (C=S) groups is 1. The van der Waals surface area contributed by atoms with Gasteiger partial charge < -0.3 is 20.1 Å². The highest BCUT2D eigenvalue weighted by Crippen LogP contribution is 2.39. The SMILES string of the molecule is O=C(CN1C(=S)N[C@H](c2ccccn2)[C@H]1c1cccn1-c1ccc(Cl)cn1)Nc1ccccc1. The molecule has 0 aliphatic carbocycles. The van der Waals surface area contributed by atoms with Gasteiger partial charge in [0.2, 0.25) is 5.91 Å². The number of carbonyl (C=O) groups excluding carboxylic acids is 1. The van der Waals surface area contributed by atoms with Crippen molar-refractivity contribution in [3.05, 3.63) is 108 Å². The Balaban J connectivity index is 1.51. The summed E-state index contributed by atoms with van der Waals surface area (Å²) in [5.41, 5.74) is 2.49. The molecule has 170 valence electrons. The van der Waals surface area contributed by atoms with Gasteiger partial charge in [-0.1, -0.05) is 35.9 Å². The maximum Gasteiger partial charge on any atom is 0.244 e. The second kappa shape index (κ2) is 9.62. The minimum Gasteiger partial charge on any atom is -0.352 e. The van der Waals surface area contributed by atoms with E-state index in [1.54, 1.807) is 18.5 Å². The van der Waals surface area contributed by atoms with E-state index in [4.69, 9.17) is 23.8 Å². The molecule has 9 heteroatoms. The third-order valence-corrected chi connectivity index (χ3v) is 6.19. The highest BCUT2D eigenvalue weighted by molar-refractivity contribution is 7.80. The van der Waals surface area contributed by atoms with E-state index in [0.717, 1.165) is 22.9 Å². The summed E-state index contributed by atoms with van der Waals surface area (Å²) in [4.78, 5) is 23.9. The molecule has 3 aromatic heterocycles. The number of aromatic nitrogens is 3. The monoisotopic (exact) mass is 488 g/mol. The minimum absolute atomic E-state index is 0.0773. The van der Waals surface area contributed by atoms with Crippen LogP contribution in [0.3, 0.4) is 0 Å². The van der Waals surface area contributed by atoms with E-state index in [9.17, 15) is 4.79 Å². The average Bonchev–Trinajstić information content (AvgIpc) is 3.45. The largest absolute Gasteiger partial charge is 0.352 e. The summed E-state index contributed by atoms with van der Waals surface area (Å²) in [5, 5.41) is 7.37. The van der Waals surface area contributed by atoms with Crippen LogP contribution in [-0.4, -0.2) is 37.0 Å². The van der Waals surface area contributed by atoms with E-state index in [2.05, 4.69) is 20.6 Å². The van der Waals surface area contributed by atoms with Crippen LogP contribution in [0.5, 0.6) is 0 Å². The number of amides is 1. The smallest absolute Gasteiger partial charge is 0.244 e. The predicted octanol–water partition coefficient (Wildman–Crippen LogP) is 4.53. The average molecular weight is 489 g/mol. The molecule has 0 unspecified atom stereocenters. The number of benzene rings is 1. The van der Waals surface area contributed by atoms with Crippen molar-refractivity contribution in [1.82, 2.24) is 24.8 Å². The fraction of sp³-hybridized carbons (Fsp3) is 0.120. The Morgan fingerprint density at radius 1 is 1.03 bits per heavy atom. The fourth-order valence-corrected chi connectivity index (χ4v) is 4.55. The predicted molar refractivity (Wildman–Crippen MR) is 136 cm³/mol. The molecule has 7 nitrogen and oxygen atoms in total. The van der Waals surface area contributed by atoms with Crippen molar-refractivity contribution in [1.29, 1.82) is 0 Å². The molecule has 1 amide bonds. The number of nitrogens with one attached hydrogen (secondary N) is 2. The standard InChI is InChI=1S/C25H21ClN6OS/c26-17-11-12-21(28-15-17)31-14-6-10-20(31)24-23(19-9-4-5-13-27-19)30-25(34)32(24)16-22(33)29-18-7-2-1-3-8-18/h1-15,23-24H,16H2,(H,29,33)(H,30,34)/t23-,24-/m1/s1. The molecule has 1 saturated heterocycles. The number of para-hydroxylation sites is 1. The lowest BCUT2D eigenvalue weighted by atomic mass is 10.0. The fourth-order valence-electron chi connectivity index (χ4n) is 4.13. The molecule has 0 spiro atoms. The lowest BCUT2D eigenvalue weighted by Gasteiger charge is -2.28. The number of rotatable bonds is 6. The van der Waals surface area contributed by atoms with Gasteiger partial charge in [0.25, 0.3) is 0 Å². The first-order chi connectivity index (χ1) is 16.6. The Labute approximate surface area is 207 Å². The molecular formula is C25H21ClN6OS. The zero-order chi connectivity index (χ0) is 23.5. The van der Waals surface area contributed by atoms with Crippen LogP contribution in [-0.2, 0) is 4.79 Å². The van der Waals surface area contributed by atoms with Gasteiger partial charge in [0.05, 0.1) is 22.8 Å². The number of hydrogen-bond donors (Lipinski definition) is 2. The van der Waals surface area contributed by atoms with E-state index in [-0.39, 0.29) is 24.5 Å². The van der Waals surface area contributed by atoms with Crippen molar-refractivity contribution >= 4 is 40.5 Å². The topological polar surface area (TPSA) is 75.1 Å². The molecule has 1 aliphatic heterocycles. The number of halogens is 1. The Kier molecular flexibility index (Phi) is 6.24. The minimum atomic E-state index is -0.295. The Morgan fingerprint density at radius 3 is 2.59 bits per heavy atom. The highest BCUT2D eigenvalue weighted by atomic mass is 35.5. The molecule has 1 fully saturated rings. The molecule has 0 saturated carbocycles. The van der Waals surface area contributed by atoms with Gasteiger partial charge in [-0.3, -0.25) is 9.78 Å². The van der Waals surface area contributed by atoms with E-state index in [1.165, 1.54) is 0 Å². The van der Waals surface area contributed by atoms with Crippen molar-refractivity contribution < 1.29 is 4.79 Å². The maximum absolute atomic E-state index is 13.0. The van der Waals surface area contributed by atoms with Gasteiger partial charge in [-0.2, -0.15) is 0 Å². The van der Waals surface area contributed by atoms with Crippen LogP contribution in [0.15, 0.2) is 91.4 Å². The summed E-state index contributed by atoms with van der Waals surface area (Å²) in [6, 6.07) is 22.2. The number of nitrogens with zero attached hydrogens (tertiary/aromatic N) is 4. The van der Waals surface area contributed by atoms with Crippen molar-refractivity contribution in [2.75, 3.05) is 11.9 Å². The third-order valence-electron chi connectivity index (χ3n) is 5.61. The summed E-state index contributed by atoms with van der Waals surface area (Å²) in [6.07, 6.45) is 5.30. The van der Waals surface area contributed by atoms with Gasteiger partial charge in [-0.15, -0.1) is 0 Å². The number of anilines is 1. The van der Waals surface area contributed by atoms with Crippen molar-refractivity contribution in [2.45, 2.75) is 12.1 Å². The molecule has 5 rings (SSSR count). The first-order valence-electron chi connectivity index (χ1n) is 10.7. The van der Waals surface area contributed by atoms with Crippen LogP contribution in [0, 0.1) is 0 Å². The summed E-state index contributed by atoms with van der Waals surface area (Å²) < 4.78 is 1.98. The van der Waals surface area contributed by atoms with Crippen LogP contribution in [0.1, 0.15) is 23.5 Å². The van der Waals surface area contributed by atoms with Gasteiger partial charge in [-0.05, 0) is 60.7 Å². The Morgan fingerprint density at radius 2 is 1.85 bits per heavy atom. The van der Waals surface area contributed by atoms with Crippen LogP contribution >= 0.6 is 23.8 Å². The molecule has 4 heterocycles. The first kappa shape index (κ1) is 22.1. The lowest BCUT2D eigenvalue weighted by Crippen LogP contribution is -2.37.